The van der Waals surface area contributed by atoms with Crippen LogP contribution in [-0.2, 0) is 16.1 Å². The van der Waals surface area contributed by atoms with Gasteiger partial charge in [-0.3, -0.25) is 9.78 Å². The first-order valence-corrected chi connectivity index (χ1v) is 15.3. The molecule has 4 aromatic rings. The molecule has 1 atom stereocenters. The summed E-state index contributed by atoms with van der Waals surface area (Å²) in [5.41, 5.74) is 12.0. The maximum absolute atomic E-state index is 11.4. The lowest BCUT2D eigenvalue weighted by atomic mass is 10.0. The molecule has 2 fully saturated rings. The van der Waals surface area contributed by atoms with E-state index in [4.69, 9.17) is 31.5 Å². The first-order valence-electron chi connectivity index (χ1n) is 15.0. The van der Waals surface area contributed by atoms with Crippen LogP contribution in [0.4, 0.5) is 17.1 Å². The van der Waals surface area contributed by atoms with Gasteiger partial charge in [0.15, 0.2) is 0 Å². The number of nitrogens with zero attached hydrogens (tertiary/aromatic N) is 3. The number of amides is 1. The summed E-state index contributed by atoms with van der Waals surface area (Å²) in [4.78, 5) is 18.3. The second kappa shape index (κ2) is 13.5. The Balaban J connectivity index is 1.32. The lowest BCUT2D eigenvalue weighted by molar-refractivity contribution is -0.113. The Morgan fingerprint density at radius 3 is 2.76 bits per heavy atom. The van der Waals surface area contributed by atoms with E-state index in [0.717, 1.165) is 28.6 Å². The predicted molar refractivity (Wildman–Crippen MR) is 175 cm³/mol. The highest BCUT2D eigenvalue weighted by atomic mass is 35.5. The summed E-state index contributed by atoms with van der Waals surface area (Å²) >= 11 is 6.65. The molecule has 6 rings (SSSR count). The van der Waals surface area contributed by atoms with E-state index in [2.05, 4.69) is 27.3 Å². The molecule has 1 unspecified atom stereocenters. The molecule has 10 heteroatoms. The third-order valence-electron chi connectivity index (χ3n) is 8.02. The van der Waals surface area contributed by atoms with Crippen molar-refractivity contribution in [2.45, 2.75) is 38.9 Å². The molecule has 3 aromatic carbocycles. The quantitative estimate of drug-likeness (QED) is 0.201. The average Bonchev–Trinajstić information content (AvgIpc) is 3.54. The van der Waals surface area contributed by atoms with Gasteiger partial charge in [0.05, 0.1) is 40.7 Å². The number of pyridine rings is 1. The van der Waals surface area contributed by atoms with Gasteiger partial charge in [-0.1, -0.05) is 47.0 Å². The number of hydrogen-bond donors (Lipinski definition) is 2. The molecule has 0 bridgehead atoms. The SMILES string of the molecule is Cc1cccc(COc2ccc(Nc3c(C#N)cnc4cc(OC5CCOC5)c(N5CCC(=CC(N)=O)CC5)cc34)cc2Cl)c1. The third kappa shape index (κ3) is 7.14. The van der Waals surface area contributed by atoms with Gasteiger partial charge < -0.3 is 30.2 Å². The number of rotatable bonds is 9. The number of anilines is 3. The molecule has 0 aliphatic carbocycles. The summed E-state index contributed by atoms with van der Waals surface area (Å²) < 4.78 is 18.0. The Kier molecular flexibility index (Phi) is 9.06. The molecule has 3 heterocycles. The molecule has 1 aromatic heterocycles. The largest absolute Gasteiger partial charge is 0.487 e. The standard InChI is InChI=1S/C35H34ClN5O4/c1-22-3-2-4-24(13-22)20-44-32-6-5-26(15-29(32)36)40-35-25(18-37)19-39-30-17-33(45-27-9-12-43-21-27)31(16-28(30)35)41-10-7-23(8-11-41)14-34(38)42/h2-6,13-17,19,27H,7-12,20-21H2,1H3,(H2,38,42)(H,39,40). The van der Waals surface area contributed by atoms with Crippen molar-refractivity contribution in [3.05, 3.63) is 94.2 Å². The van der Waals surface area contributed by atoms with Crippen LogP contribution < -0.4 is 25.4 Å². The van der Waals surface area contributed by atoms with E-state index in [9.17, 15) is 10.1 Å². The van der Waals surface area contributed by atoms with Gasteiger partial charge in [0.1, 0.15) is 30.3 Å². The van der Waals surface area contributed by atoms with E-state index in [1.807, 2.05) is 49.4 Å². The van der Waals surface area contributed by atoms with Gasteiger partial charge in [0, 0.05) is 48.9 Å². The fourth-order valence-corrected chi connectivity index (χ4v) is 5.97. The number of aromatic nitrogens is 1. The van der Waals surface area contributed by atoms with E-state index in [-0.39, 0.29) is 6.10 Å². The van der Waals surface area contributed by atoms with Crippen molar-refractivity contribution in [1.82, 2.24) is 4.98 Å². The number of nitrogens with one attached hydrogen (secondary N) is 1. The second-order valence-electron chi connectivity index (χ2n) is 11.3. The second-order valence-corrected chi connectivity index (χ2v) is 11.7. The number of nitriles is 1. The monoisotopic (exact) mass is 623 g/mol. The molecule has 230 valence electrons. The summed E-state index contributed by atoms with van der Waals surface area (Å²) in [6, 6.07) is 19.9. The number of hydrogen-bond acceptors (Lipinski definition) is 8. The Hall–Kier alpha value is -4.78. The molecule has 9 nitrogen and oxygen atoms in total. The van der Waals surface area contributed by atoms with Crippen molar-refractivity contribution in [2.24, 2.45) is 5.73 Å². The summed E-state index contributed by atoms with van der Waals surface area (Å²) in [6.45, 7) is 5.02. The third-order valence-corrected chi connectivity index (χ3v) is 8.32. The van der Waals surface area contributed by atoms with Gasteiger partial charge in [0.25, 0.3) is 0 Å². The first-order chi connectivity index (χ1) is 21.9. The summed E-state index contributed by atoms with van der Waals surface area (Å²) in [7, 11) is 0. The highest BCUT2D eigenvalue weighted by molar-refractivity contribution is 6.32. The van der Waals surface area contributed by atoms with Crippen molar-refractivity contribution >= 4 is 45.5 Å². The van der Waals surface area contributed by atoms with Gasteiger partial charge in [-0.05, 0) is 49.6 Å². The molecule has 0 radical (unpaired) electrons. The number of carbonyl (C=O) groups is 1. The van der Waals surface area contributed by atoms with Gasteiger partial charge >= 0.3 is 0 Å². The van der Waals surface area contributed by atoms with Crippen LogP contribution in [0.25, 0.3) is 10.9 Å². The Labute approximate surface area is 267 Å². The van der Waals surface area contributed by atoms with Gasteiger partial charge in [-0.2, -0.15) is 5.26 Å². The average molecular weight is 624 g/mol. The van der Waals surface area contributed by atoms with Crippen LogP contribution in [0.1, 0.15) is 36.0 Å². The molecular weight excluding hydrogens is 590 g/mol. The number of piperidine rings is 1. The van der Waals surface area contributed by atoms with E-state index < -0.39 is 5.91 Å². The van der Waals surface area contributed by atoms with Crippen molar-refractivity contribution < 1.29 is 19.0 Å². The molecule has 2 aliphatic heterocycles. The Morgan fingerprint density at radius 1 is 1.20 bits per heavy atom. The highest BCUT2D eigenvalue weighted by Gasteiger charge is 2.24. The lowest BCUT2D eigenvalue weighted by Gasteiger charge is -2.32. The number of benzene rings is 3. The summed E-state index contributed by atoms with van der Waals surface area (Å²) in [5, 5.41) is 14.7. The zero-order valence-electron chi connectivity index (χ0n) is 25.0. The summed E-state index contributed by atoms with van der Waals surface area (Å²) in [5.74, 6) is 0.853. The van der Waals surface area contributed by atoms with E-state index in [1.165, 1.54) is 11.6 Å². The molecule has 0 saturated carbocycles. The first kappa shape index (κ1) is 30.3. The number of ether oxygens (including phenoxy) is 3. The lowest BCUT2D eigenvalue weighted by Crippen LogP contribution is -2.32. The number of halogens is 1. The van der Waals surface area contributed by atoms with Crippen LogP contribution in [0, 0.1) is 18.3 Å². The predicted octanol–water partition coefficient (Wildman–Crippen LogP) is 6.57. The van der Waals surface area contributed by atoms with Crippen LogP contribution in [0.5, 0.6) is 11.5 Å². The van der Waals surface area contributed by atoms with Gasteiger partial charge in [-0.15, -0.1) is 0 Å². The van der Waals surface area contributed by atoms with Crippen LogP contribution in [0.15, 0.2) is 72.4 Å². The van der Waals surface area contributed by atoms with E-state index >= 15 is 0 Å². The van der Waals surface area contributed by atoms with Crippen molar-refractivity contribution in [3.8, 4) is 17.6 Å². The van der Waals surface area contributed by atoms with Crippen LogP contribution in [0.2, 0.25) is 5.02 Å². The minimum absolute atomic E-state index is 0.0546. The Morgan fingerprint density at radius 2 is 2.04 bits per heavy atom. The fraction of sp³-hybridized carbons (Fsp3) is 0.286. The molecular formula is C35H34ClN5O4. The topological polar surface area (TPSA) is 123 Å². The zero-order chi connectivity index (χ0) is 31.3. The molecule has 3 N–H and O–H groups in total. The van der Waals surface area contributed by atoms with Crippen molar-refractivity contribution in [3.63, 3.8) is 0 Å². The summed E-state index contributed by atoms with van der Waals surface area (Å²) in [6.07, 6.45) is 5.27. The minimum atomic E-state index is -0.425. The molecule has 45 heavy (non-hydrogen) atoms. The molecule has 0 spiro atoms. The maximum Gasteiger partial charge on any atom is 0.241 e. The maximum atomic E-state index is 11.4. The number of primary amides is 1. The normalized spacial score (nSPS) is 16.3. The van der Waals surface area contributed by atoms with Crippen LogP contribution in [-0.4, -0.2) is 43.3 Å². The zero-order valence-corrected chi connectivity index (χ0v) is 25.8. The number of fused-ring (bicyclic) bond motifs is 1. The number of nitrogens with two attached hydrogens (primary N) is 1. The van der Waals surface area contributed by atoms with Gasteiger partial charge in [0.2, 0.25) is 5.91 Å². The number of aryl methyl sites for hydroxylation is 1. The number of carbonyl (C=O) groups excluding carboxylic acids is 1. The van der Waals surface area contributed by atoms with Crippen LogP contribution in [0.3, 0.4) is 0 Å². The van der Waals surface area contributed by atoms with E-state index in [0.29, 0.717) is 84.7 Å². The minimum Gasteiger partial charge on any atom is -0.487 e. The van der Waals surface area contributed by atoms with E-state index in [1.54, 1.807) is 12.3 Å². The van der Waals surface area contributed by atoms with Crippen LogP contribution >= 0.6 is 11.6 Å². The molecule has 2 aliphatic rings. The highest BCUT2D eigenvalue weighted by Crippen LogP contribution is 2.40. The molecule has 2 saturated heterocycles. The van der Waals surface area contributed by atoms with Gasteiger partial charge in [-0.25, -0.2) is 0 Å². The Bertz CT molecular complexity index is 1800. The fourth-order valence-electron chi connectivity index (χ4n) is 5.74. The smallest absolute Gasteiger partial charge is 0.241 e. The van der Waals surface area contributed by atoms with Crippen molar-refractivity contribution in [1.29, 1.82) is 5.26 Å². The van der Waals surface area contributed by atoms with Crippen molar-refractivity contribution in [2.75, 3.05) is 36.5 Å². The molecule has 1 amide bonds.